The van der Waals surface area contributed by atoms with E-state index < -0.39 is 5.97 Å². The lowest BCUT2D eigenvalue weighted by atomic mass is 9.99. The summed E-state index contributed by atoms with van der Waals surface area (Å²) in [4.78, 5) is 28.6. The molecule has 2 N–H and O–H groups in total. The quantitative estimate of drug-likeness (QED) is 0.704. The number of carbonyl (C=O) groups excluding carboxylic acids is 2. The van der Waals surface area contributed by atoms with Crippen molar-refractivity contribution in [3.8, 4) is 0 Å². The van der Waals surface area contributed by atoms with Gasteiger partial charge in [-0.1, -0.05) is 24.6 Å². The number of amides is 1. The number of hydrogen-bond acceptors (Lipinski definition) is 6. The van der Waals surface area contributed by atoms with E-state index in [0.29, 0.717) is 16.6 Å². The molecule has 0 radical (unpaired) electrons. The fraction of sp³-hybridized carbons (Fsp3) is 0.500. The molecule has 28 heavy (non-hydrogen) atoms. The summed E-state index contributed by atoms with van der Waals surface area (Å²) in [5.41, 5.74) is 1.94. The standard InChI is InChI=1S/C20H26ClN3O4/c1-13-5-4-8-23(11-13)18-15(21)6-3-7-16(18)22-17-14(20(27)28-2)12-24(9-10-25)19(17)26/h3,6-7,13,22,25H,4-5,8-12H2,1-2H3. The van der Waals surface area contributed by atoms with E-state index in [4.69, 9.17) is 16.3 Å². The van der Waals surface area contributed by atoms with E-state index in [-0.39, 0.29) is 36.9 Å². The van der Waals surface area contributed by atoms with Gasteiger partial charge in [0.1, 0.15) is 5.70 Å². The van der Waals surface area contributed by atoms with Crippen LogP contribution in [0, 0.1) is 5.92 Å². The number of halogens is 1. The number of aliphatic hydroxyl groups is 1. The van der Waals surface area contributed by atoms with E-state index >= 15 is 0 Å². The van der Waals surface area contributed by atoms with Crippen molar-refractivity contribution < 1.29 is 19.4 Å². The fourth-order valence-corrected chi connectivity index (χ4v) is 4.11. The van der Waals surface area contributed by atoms with Crippen LogP contribution < -0.4 is 10.2 Å². The maximum Gasteiger partial charge on any atom is 0.337 e. The molecule has 1 aromatic carbocycles. The van der Waals surface area contributed by atoms with E-state index in [2.05, 4.69) is 17.1 Å². The Kier molecular flexibility index (Phi) is 6.46. The number of carbonyl (C=O) groups is 2. The van der Waals surface area contributed by atoms with E-state index in [9.17, 15) is 14.7 Å². The van der Waals surface area contributed by atoms with Crippen LogP contribution in [0.15, 0.2) is 29.5 Å². The number of β-amino-alcohol motifs (C(OH)–C–C–N with tert-alkyl or cyclic N) is 1. The van der Waals surface area contributed by atoms with Crippen LogP contribution in [0.4, 0.5) is 11.4 Å². The van der Waals surface area contributed by atoms with E-state index in [1.54, 1.807) is 0 Å². The van der Waals surface area contributed by atoms with Crippen molar-refractivity contribution in [1.82, 2.24) is 4.90 Å². The minimum absolute atomic E-state index is 0.102. The lowest BCUT2D eigenvalue weighted by molar-refractivity contribution is -0.136. The van der Waals surface area contributed by atoms with E-state index in [1.807, 2.05) is 18.2 Å². The molecule has 1 unspecified atom stereocenters. The Hall–Kier alpha value is -2.25. The lowest BCUT2D eigenvalue weighted by Gasteiger charge is -2.34. The van der Waals surface area contributed by atoms with Crippen LogP contribution in [-0.2, 0) is 14.3 Å². The van der Waals surface area contributed by atoms with Gasteiger partial charge >= 0.3 is 5.97 Å². The molecule has 1 amide bonds. The van der Waals surface area contributed by atoms with E-state index in [0.717, 1.165) is 25.2 Å². The molecule has 2 aliphatic heterocycles. The van der Waals surface area contributed by atoms with Crippen molar-refractivity contribution in [2.45, 2.75) is 19.8 Å². The molecule has 152 valence electrons. The Labute approximate surface area is 169 Å². The molecular formula is C20H26ClN3O4. The molecule has 0 aromatic heterocycles. The summed E-state index contributed by atoms with van der Waals surface area (Å²) < 4.78 is 4.85. The van der Waals surface area contributed by atoms with Gasteiger partial charge in [-0.25, -0.2) is 4.79 Å². The first kappa shape index (κ1) is 20.5. The first-order valence-electron chi connectivity index (χ1n) is 9.48. The highest BCUT2D eigenvalue weighted by Gasteiger charge is 2.35. The third-order valence-electron chi connectivity index (χ3n) is 5.17. The molecule has 3 rings (SSSR count). The third-order valence-corrected chi connectivity index (χ3v) is 5.48. The van der Waals surface area contributed by atoms with Crippen molar-refractivity contribution in [1.29, 1.82) is 0 Å². The molecule has 1 saturated heterocycles. The minimum Gasteiger partial charge on any atom is -0.466 e. The second-order valence-corrected chi connectivity index (χ2v) is 7.66. The van der Waals surface area contributed by atoms with Gasteiger partial charge in [0, 0.05) is 19.6 Å². The molecule has 1 fully saturated rings. The van der Waals surface area contributed by atoms with Crippen LogP contribution in [0.1, 0.15) is 19.8 Å². The highest BCUT2D eigenvalue weighted by Crippen LogP contribution is 2.38. The molecule has 0 bridgehead atoms. The van der Waals surface area contributed by atoms with Gasteiger partial charge in [-0.05, 0) is 30.9 Å². The molecule has 0 saturated carbocycles. The lowest BCUT2D eigenvalue weighted by Crippen LogP contribution is -2.35. The number of nitrogens with one attached hydrogen (secondary N) is 1. The van der Waals surface area contributed by atoms with Gasteiger partial charge in [0.2, 0.25) is 0 Å². The predicted octanol–water partition coefficient (Wildman–Crippen LogP) is 2.25. The van der Waals surface area contributed by atoms with Crippen LogP contribution in [0.3, 0.4) is 0 Å². The number of aliphatic hydroxyl groups excluding tert-OH is 1. The van der Waals surface area contributed by atoms with Crippen molar-refractivity contribution in [3.63, 3.8) is 0 Å². The zero-order chi connectivity index (χ0) is 20.3. The Balaban J connectivity index is 1.96. The molecule has 8 heteroatoms. The minimum atomic E-state index is -0.563. The molecule has 0 aliphatic carbocycles. The Morgan fingerprint density at radius 3 is 2.89 bits per heavy atom. The average molecular weight is 408 g/mol. The molecule has 0 spiro atoms. The summed E-state index contributed by atoms with van der Waals surface area (Å²) in [6.45, 7) is 4.05. The molecule has 1 aromatic rings. The molecule has 2 heterocycles. The topological polar surface area (TPSA) is 82.1 Å². The Bertz CT molecular complexity index is 796. The first-order valence-corrected chi connectivity index (χ1v) is 9.86. The number of nitrogens with zero attached hydrogens (tertiary/aromatic N) is 2. The summed E-state index contributed by atoms with van der Waals surface area (Å²) in [5.74, 6) is -0.352. The van der Waals surface area contributed by atoms with Gasteiger partial charge in [0.25, 0.3) is 5.91 Å². The number of rotatable bonds is 6. The molecule has 7 nitrogen and oxygen atoms in total. The van der Waals surface area contributed by atoms with Crippen LogP contribution >= 0.6 is 11.6 Å². The fourth-order valence-electron chi connectivity index (χ4n) is 3.81. The van der Waals surface area contributed by atoms with Crippen molar-refractivity contribution in [2.24, 2.45) is 5.92 Å². The van der Waals surface area contributed by atoms with Crippen LogP contribution in [0.2, 0.25) is 5.02 Å². The predicted molar refractivity (Wildman–Crippen MR) is 108 cm³/mol. The van der Waals surface area contributed by atoms with Crippen LogP contribution in [-0.4, -0.2) is 61.8 Å². The molecular weight excluding hydrogens is 382 g/mol. The third kappa shape index (κ3) is 4.10. The van der Waals surface area contributed by atoms with Gasteiger partial charge in [0.05, 0.1) is 42.2 Å². The SMILES string of the molecule is COC(=O)C1=C(Nc2cccc(Cl)c2N2CCCC(C)C2)C(=O)N(CCO)C1. The Morgan fingerprint density at radius 1 is 1.43 bits per heavy atom. The second kappa shape index (κ2) is 8.84. The zero-order valence-corrected chi connectivity index (χ0v) is 17.0. The number of esters is 1. The number of ether oxygens (including phenoxy) is 1. The van der Waals surface area contributed by atoms with Crippen molar-refractivity contribution in [3.05, 3.63) is 34.5 Å². The van der Waals surface area contributed by atoms with E-state index in [1.165, 1.54) is 18.4 Å². The van der Waals surface area contributed by atoms with Gasteiger partial charge < -0.3 is 25.0 Å². The molecule has 1 atom stereocenters. The summed E-state index contributed by atoms with van der Waals surface area (Å²) >= 11 is 6.52. The first-order chi connectivity index (χ1) is 13.5. The number of anilines is 2. The number of para-hydroxylation sites is 1. The summed E-state index contributed by atoms with van der Waals surface area (Å²) in [5, 5.41) is 12.9. The number of hydrogen-bond donors (Lipinski definition) is 2. The molecule has 2 aliphatic rings. The number of methoxy groups -OCH3 is 1. The van der Waals surface area contributed by atoms with Crippen molar-refractivity contribution in [2.75, 3.05) is 50.1 Å². The van der Waals surface area contributed by atoms with Gasteiger partial charge in [0.15, 0.2) is 0 Å². The normalized spacial score (nSPS) is 20.0. The summed E-state index contributed by atoms with van der Waals surface area (Å²) in [7, 11) is 1.28. The number of benzene rings is 1. The van der Waals surface area contributed by atoms with Crippen LogP contribution in [0.25, 0.3) is 0 Å². The smallest absolute Gasteiger partial charge is 0.337 e. The van der Waals surface area contributed by atoms with Gasteiger partial charge in [-0.3, -0.25) is 4.79 Å². The largest absolute Gasteiger partial charge is 0.466 e. The highest BCUT2D eigenvalue weighted by atomic mass is 35.5. The van der Waals surface area contributed by atoms with Gasteiger partial charge in [-0.2, -0.15) is 0 Å². The second-order valence-electron chi connectivity index (χ2n) is 7.25. The van der Waals surface area contributed by atoms with Gasteiger partial charge in [-0.15, -0.1) is 0 Å². The zero-order valence-electron chi connectivity index (χ0n) is 16.2. The maximum absolute atomic E-state index is 12.8. The highest BCUT2D eigenvalue weighted by molar-refractivity contribution is 6.34. The summed E-state index contributed by atoms with van der Waals surface area (Å²) in [6, 6.07) is 5.49. The van der Waals surface area contributed by atoms with Crippen LogP contribution in [0.5, 0.6) is 0 Å². The summed E-state index contributed by atoms with van der Waals surface area (Å²) in [6.07, 6.45) is 2.25. The van der Waals surface area contributed by atoms with Crippen molar-refractivity contribution >= 4 is 34.9 Å². The average Bonchev–Trinajstić information content (AvgIpc) is 2.97. The Morgan fingerprint density at radius 2 is 2.21 bits per heavy atom. The monoisotopic (exact) mass is 407 g/mol. The number of piperidine rings is 1. The maximum atomic E-state index is 12.8.